The van der Waals surface area contributed by atoms with Crippen molar-refractivity contribution in [3.63, 3.8) is 0 Å². The van der Waals surface area contributed by atoms with Crippen LogP contribution in [0.5, 0.6) is 11.5 Å². The number of rotatable bonds is 6. The molecule has 1 aromatic rings. The lowest BCUT2D eigenvalue weighted by atomic mass is 10.0. The summed E-state index contributed by atoms with van der Waals surface area (Å²) < 4.78 is 16.0. The molecule has 4 nitrogen and oxygen atoms in total. The van der Waals surface area contributed by atoms with Crippen molar-refractivity contribution >= 4 is 5.78 Å². The third kappa shape index (κ3) is 3.47. The Morgan fingerprint density at radius 2 is 1.94 bits per heavy atom. The third-order valence-electron chi connectivity index (χ3n) is 2.90. The van der Waals surface area contributed by atoms with Crippen LogP contribution in [0.2, 0.25) is 0 Å². The van der Waals surface area contributed by atoms with Crippen LogP contribution in [0.1, 0.15) is 13.3 Å². The molecule has 0 radical (unpaired) electrons. The average Bonchev–Trinajstić information content (AvgIpc) is 2.92. The fourth-order valence-electron chi connectivity index (χ4n) is 1.86. The number of hydrogen-bond donors (Lipinski definition) is 0. The number of carbonyl (C=O) groups excluding carboxylic acids is 1. The van der Waals surface area contributed by atoms with Crippen molar-refractivity contribution in [2.75, 3.05) is 26.4 Å². The minimum atomic E-state index is 0.00713. The lowest BCUT2D eigenvalue weighted by molar-refractivity contribution is -0.124. The predicted octanol–water partition coefficient (Wildman–Crippen LogP) is 2.07. The topological polar surface area (TPSA) is 44.8 Å². The molecule has 1 aliphatic heterocycles. The minimum absolute atomic E-state index is 0.00713. The quantitative estimate of drug-likeness (QED) is 0.775. The van der Waals surface area contributed by atoms with Crippen LogP contribution in [0.25, 0.3) is 0 Å². The summed E-state index contributed by atoms with van der Waals surface area (Å²) in [7, 11) is 0. The van der Waals surface area contributed by atoms with Crippen molar-refractivity contribution < 1.29 is 19.0 Å². The zero-order valence-corrected chi connectivity index (χ0v) is 10.6. The van der Waals surface area contributed by atoms with E-state index in [-0.39, 0.29) is 18.3 Å². The number of carbonyl (C=O) groups is 1. The van der Waals surface area contributed by atoms with E-state index < -0.39 is 0 Å². The maximum atomic E-state index is 11.8. The first-order valence-corrected chi connectivity index (χ1v) is 6.25. The Kier molecular flexibility index (Phi) is 4.59. The van der Waals surface area contributed by atoms with Crippen LogP contribution in [-0.4, -0.2) is 32.2 Å². The molecule has 1 atom stereocenters. The van der Waals surface area contributed by atoms with Gasteiger partial charge in [-0.25, -0.2) is 0 Å². The van der Waals surface area contributed by atoms with Gasteiger partial charge in [0.25, 0.3) is 0 Å². The van der Waals surface area contributed by atoms with E-state index in [1.807, 2.05) is 31.2 Å². The van der Waals surface area contributed by atoms with E-state index in [1.54, 1.807) is 0 Å². The van der Waals surface area contributed by atoms with Crippen molar-refractivity contribution in [2.24, 2.45) is 5.92 Å². The highest BCUT2D eigenvalue weighted by Crippen LogP contribution is 2.18. The van der Waals surface area contributed by atoms with Gasteiger partial charge in [-0.3, -0.25) is 4.79 Å². The van der Waals surface area contributed by atoms with Gasteiger partial charge < -0.3 is 14.2 Å². The van der Waals surface area contributed by atoms with Gasteiger partial charge in [-0.15, -0.1) is 0 Å². The van der Waals surface area contributed by atoms with Gasteiger partial charge in [0.2, 0.25) is 0 Å². The summed E-state index contributed by atoms with van der Waals surface area (Å²) in [6.45, 7) is 3.90. The number of benzene rings is 1. The average molecular weight is 250 g/mol. The fraction of sp³-hybridized carbons (Fsp3) is 0.500. The lowest BCUT2D eigenvalue weighted by Gasteiger charge is -2.09. The summed E-state index contributed by atoms with van der Waals surface area (Å²) >= 11 is 0. The summed E-state index contributed by atoms with van der Waals surface area (Å²) in [5.74, 6) is 1.61. The molecule has 1 saturated heterocycles. The van der Waals surface area contributed by atoms with Crippen LogP contribution in [0.15, 0.2) is 24.3 Å². The molecular formula is C14H18O4. The Morgan fingerprint density at radius 1 is 1.28 bits per heavy atom. The highest BCUT2D eigenvalue weighted by Gasteiger charge is 2.23. The van der Waals surface area contributed by atoms with Crippen molar-refractivity contribution in [3.8, 4) is 11.5 Å². The van der Waals surface area contributed by atoms with Crippen LogP contribution in [0.4, 0.5) is 0 Å². The second kappa shape index (κ2) is 6.40. The van der Waals surface area contributed by atoms with E-state index in [2.05, 4.69) is 0 Å². The van der Waals surface area contributed by atoms with Gasteiger partial charge in [0.15, 0.2) is 5.78 Å². The highest BCUT2D eigenvalue weighted by atomic mass is 16.5. The molecule has 1 fully saturated rings. The molecule has 0 saturated carbocycles. The Hall–Kier alpha value is -1.55. The standard InChI is InChI=1S/C14H18O4/c1-2-17-12-3-5-13(6-4-12)18-10-14(15)11-7-8-16-9-11/h3-6,11H,2,7-10H2,1H3. The summed E-state index contributed by atoms with van der Waals surface area (Å²) in [4.78, 5) is 11.8. The molecule has 1 heterocycles. The molecule has 4 heteroatoms. The molecule has 2 rings (SSSR count). The first-order valence-electron chi connectivity index (χ1n) is 6.25. The lowest BCUT2D eigenvalue weighted by Crippen LogP contribution is -2.21. The summed E-state index contributed by atoms with van der Waals surface area (Å²) in [5, 5.41) is 0. The van der Waals surface area contributed by atoms with Crippen LogP contribution < -0.4 is 9.47 Å². The molecule has 0 aliphatic carbocycles. The molecule has 1 aliphatic rings. The van der Waals surface area contributed by atoms with Crippen LogP contribution >= 0.6 is 0 Å². The van der Waals surface area contributed by atoms with Crippen molar-refractivity contribution in [2.45, 2.75) is 13.3 Å². The fourth-order valence-corrected chi connectivity index (χ4v) is 1.86. The normalized spacial score (nSPS) is 18.6. The second-order valence-corrected chi connectivity index (χ2v) is 4.22. The SMILES string of the molecule is CCOc1ccc(OCC(=O)C2CCOC2)cc1. The van der Waals surface area contributed by atoms with E-state index >= 15 is 0 Å². The van der Waals surface area contributed by atoms with E-state index in [4.69, 9.17) is 14.2 Å². The van der Waals surface area contributed by atoms with Crippen LogP contribution in [-0.2, 0) is 9.53 Å². The Labute approximate surface area is 107 Å². The van der Waals surface area contributed by atoms with E-state index in [0.29, 0.717) is 25.6 Å². The van der Waals surface area contributed by atoms with Gasteiger partial charge >= 0.3 is 0 Å². The predicted molar refractivity (Wildman–Crippen MR) is 67.0 cm³/mol. The first kappa shape index (κ1) is 12.9. The Balaban J connectivity index is 1.80. The highest BCUT2D eigenvalue weighted by molar-refractivity contribution is 5.82. The van der Waals surface area contributed by atoms with Gasteiger partial charge in [0.05, 0.1) is 13.2 Å². The Morgan fingerprint density at radius 3 is 2.50 bits per heavy atom. The number of ketones is 1. The number of Topliss-reactive ketones (excluding diaryl/α,β-unsaturated/α-hetero) is 1. The smallest absolute Gasteiger partial charge is 0.175 e. The molecule has 18 heavy (non-hydrogen) atoms. The zero-order chi connectivity index (χ0) is 12.8. The first-order chi connectivity index (χ1) is 8.79. The van der Waals surface area contributed by atoms with Crippen molar-refractivity contribution in [3.05, 3.63) is 24.3 Å². The molecule has 1 unspecified atom stereocenters. The van der Waals surface area contributed by atoms with Crippen LogP contribution in [0.3, 0.4) is 0 Å². The molecule has 98 valence electrons. The van der Waals surface area contributed by atoms with Gasteiger partial charge in [0, 0.05) is 12.5 Å². The monoisotopic (exact) mass is 250 g/mol. The molecule has 0 N–H and O–H groups in total. The van der Waals surface area contributed by atoms with Crippen molar-refractivity contribution in [1.82, 2.24) is 0 Å². The van der Waals surface area contributed by atoms with Crippen LogP contribution in [0, 0.1) is 5.92 Å². The maximum Gasteiger partial charge on any atom is 0.175 e. The summed E-state index contributed by atoms with van der Waals surface area (Å²) in [5.41, 5.74) is 0. The number of hydrogen-bond acceptors (Lipinski definition) is 4. The van der Waals surface area contributed by atoms with Gasteiger partial charge in [-0.1, -0.05) is 0 Å². The van der Waals surface area contributed by atoms with Gasteiger partial charge in [0.1, 0.15) is 18.1 Å². The van der Waals surface area contributed by atoms with E-state index in [0.717, 1.165) is 12.2 Å². The second-order valence-electron chi connectivity index (χ2n) is 4.22. The van der Waals surface area contributed by atoms with Crippen molar-refractivity contribution in [1.29, 1.82) is 0 Å². The molecule has 0 amide bonds. The maximum absolute atomic E-state index is 11.8. The largest absolute Gasteiger partial charge is 0.494 e. The van der Waals surface area contributed by atoms with Gasteiger partial charge in [-0.05, 0) is 37.6 Å². The molecule has 0 bridgehead atoms. The number of ether oxygens (including phenoxy) is 3. The Bertz CT molecular complexity index is 379. The molecule has 1 aromatic carbocycles. The van der Waals surface area contributed by atoms with E-state index in [9.17, 15) is 4.79 Å². The summed E-state index contributed by atoms with van der Waals surface area (Å²) in [6.07, 6.45) is 0.811. The zero-order valence-electron chi connectivity index (χ0n) is 10.6. The third-order valence-corrected chi connectivity index (χ3v) is 2.90. The molecule has 0 aromatic heterocycles. The summed E-state index contributed by atoms with van der Waals surface area (Å²) in [6, 6.07) is 7.29. The van der Waals surface area contributed by atoms with E-state index in [1.165, 1.54) is 0 Å². The molecular weight excluding hydrogens is 232 g/mol. The molecule has 0 spiro atoms. The van der Waals surface area contributed by atoms with Gasteiger partial charge in [-0.2, -0.15) is 0 Å². The minimum Gasteiger partial charge on any atom is -0.494 e.